The van der Waals surface area contributed by atoms with Gasteiger partial charge in [-0.2, -0.15) is 0 Å². The quantitative estimate of drug-likeness (QED) is 0.809. The Morgan fingerprint density at radius 1 is 1.00 bits per heavy atom. The zero-order valence-corrected chi connectivity index (χ0v) is 12.6. The van der Waals surface area contributed by atoms with E-state index in [0.29, 0.717) is 10.7 Å². The summed E-state index contributed by atoms with van der Waals surface area (Å²) in [6.45, 7) is 0. The lowest BCUT2D eigenvalue weighted by Crippen LogP contribution is -2.25. The van der Waals surface area contributed by atoms with E-state index in [-0.39, 0.29) is 11.1 Å². The lowest BCUT2D eigenvalue weighted by Gasteiger charge is -2.12. The van der Waals surface area contributed by atoms with E-state index >= 15 is 0 Å². The maximum Gasteiger partial charge on any atom is 0.343 e. The van der Waals surface area contributed by atoms with Gasteiger partial charge in [-0.1, -0.05) is 23.7 Å². The molecule has 114 valence electrons. The molecule has 0 atom stereocenters. The molecule has 0 fully saturated rings. The fourth-order valence-corrected chi connectivity index (χ4v) is 2.12. The summed E-state index contributed by atoms with van der Waals surface area (Å²) >= 11 is 6.10. The van der Waals surface area contributed by atoms with Crippen molar-refractivity contribution in [2.24, 2.45) is 0 Å². The summed E-state index contributed by atoms with van der Waals surface area (Å²) in [4.78, 5) is 35.7. The minimum atomic E-state index is -0.850. The highest BCUT2D eigenvalue weighted by Crippen LogP contribution is 2.20. The molecule has 2 aromatic rings. The van der Waals surface area contributed by atoms with Gasteiger partial charge in [0, 0.05) is 12.4 Å². The molecule has 7 heteroatoms. The molecule has 0 N–H and O–H groups in total. The van der Waals surface area contributed by atoms with Gasteiger partial charge in [0.1, 0.15) is 11.1 Å². The van der Waals surface area contributed by atoms with Crippen LogP contribution in [0, 0.1) is 0 Å². The van der Waals surface area contributed by atoms with Crippen molar-refractivity contribution in [3.05, 3.63) is 63.0 Å². The second-order valence-corrected chi connectivity index (χ2v) is 4.66. The second-order valence-electron chi connectivity index (χ2n) is 4.26. The highest BCUT2D eigenvalue weighted by atomic mass is 35.5. The van der Waals surface area contributed by atoms with Gasteiger partial charge in [0.05, 0.1) is 24.9 Å². The van der Waals surface area contributed by atoms with Crippen molar-refractivity contribution in [3.8, 4) is 5.69 Å². The monoisotopic (exact) mass is 321 g/mol. The standard InChI is InChI=1S/C15H12ClNO5/c1-21-14(19)9-7-17(12-6-4-3-5-11(12)16)8-10(13(9)18)15(20)22-2/h3-8H,1-2H3. The molecule has 1 aromatic carbocycles. The van der Waals surface area contributed by atoms with Crippen LogP contribution in [0.15, 0.2) is 41.5 Å². The molecule has 0 saturated carbocycles. The fourth-order valence-electron chi connectivity index (χ4n) is 1.89. The number of esters is 2. The number of pyridine rings is 1. The van der Waals surface area contributed by atoms with E-state index in [4.69, 9.17) is 11.6 Å². The van der Waals surface area contributed by atoms with Gasteiger partial charge in [-0.15, -0.1) is 0 Å². The van der Waals surface area contributed by atoms with Crippen LogP contribution in [0.2, 0.25) is 5.02 Å². The molecule has 22 heavy (non-hydrogen) atoms. The highest BCUT2D eigenvalue weighted by molar-refractivity contribution is 6.32. The van der Waals surface area contributed by atoms with E-state index < -0.39 is 17.4 Å². The third-order valence-corrected chi connectivity index (χ3v) is 3.29. The summed E-state index contributed by atoms with van der Waals surface area (Å²) in [5.74, 6) is -1.70. The van der Waals surface area contributed by atoms with E-state index in [1.807, 2.05) is 0 Å². The first kappa shape index (κ1) is 15.8. The Labute approximate surface area is 130 Å². The fraction of sp³-hybridized carbons (Fsp3) is 0.133. The number of nitrogens with zero attached hydrogens (tertiary/aromatic N) is 1. The third-order valence-electron chi connectivity index (χ3n) is 2.97. The van der Waals surface area contributed by atoms with Crippen molar-refractivity contribution in [2.75, 3.05) is 14.2 Å². The molecule has 0 spiro atoms. The van der Waals surface area contributed by atoms with Crippen LogP contribution in [0.1, 0.15) is 20.7 Å². The van der Waals surface area contributed by atoms with Crippen LogP contribution in [0.25, 0.3) is 5.69 Å². The van der Waals surface area contributed by atoms with Crippen LogP contribution in [0.5, 0.6) is 0 Å². The molecular formula is C15H12ClNO5. The molecule has 0 unspecified atom stereocenters. The molecule has 0 aliphatic heterocycles. The second kappa shape index (κ2) is 6.44. The maximum atomic E-state index is 12.2. The molecule has 0 bridgehead atoms. The van der Waals surface area contributed by atoms with Crippen molar-refractivity contribution >= 4 is 23.5 Å². The third kappa shape index (κ3) is 2.87. The number of carbonyl (C=O) groups excluding carboxylic acids is 2. The van der Waals surface area contributed by atoms with E-state index in [2.05, 4.69) is 9.47 Å². The largest absolute Gasteiger partial charge is 0.465 e. The van der Waals surface area contributed by atoms with E-state index in [1.165, 1.54) is 17.0 Å². The van der Waals surface area contributed by atoms with Crippen LogP contribution in [-0.4, -0.2) is 30.7 Å². The van der Waals surface area contributed by atoms with Crippen molar-refractivity contribution in [2.45, 2.75) is 0 Å². The van der Waals surface area contributed by atoms with Crippen LogP contribution in [0.3, 0.4) is 0 Å². The Hall–Kier alpha value is -2.60. The first-order valence-electron chi connectivity index (χ1n) is 6.17. The number of ether oxygens (including phenoxy) is 2. The maximum absolute atomic E-state index is 12.2. The number of methoxy groups -OCH3 is 2. The van der Waals surface area contributed by atoms with Crippen molar-refractivity contribution in [1.82, 2.24) is 4.57 Å². The Morgan fingerprint density at radius 2 is 1.50 bits per heavy atom. The average molecular weight is 322 g/mol. The van der Waals surface area contributed by atoms with Crippen LogP contribution >= 0.6 is 11.6 Å². The van der Waals surface area contributed by atoms with E-state index in [9.17, 15) is 14.4 Å². The normalized spacial score (nSPS) is 10.1. The molecule has 0 radical (unpaired) electrons. The molecular weight excluding hydrogens is 310 g/mol. The topological polar surface area (TPSA) is 74.6 Å². The van der Waals surface area contributed by atoms with Gasteiger partial charge in [-0.3, -0.25) is 4.79 Å². The minimum absolute atomic E-state index is 0.287. The zero-order valence-electron chi connectivity index (χ0n) is 11.8. The highest BCUT2D eigenvalue weighted by Gasteiger charge is 2.21. The lowest BCUT2D eigenvalue weighted by molar-refractivity contribution is 0.0595. The first-order valence-corrected chi connectivity index (χ1v) is 6.55. The number of hydrogen-bond donors (Lipinski definition) is 0. The van der Waals surface area contributed by atoms with Gasteiger partial charge in [-0.05, 0) is 12.1 Å². The van der Waals surface area contributed by atoms with Gasteiger partial charge in [-0.25, -0.2) is 9.59 Å². The van der Waals surface area contributed by atoms with Gasteiger partial charge in [0.15, 0.2) is 0 Å². The summed E-state index contributed by atoms with van der Waals surface area (Å²) in [7, 11) is 2.29. The van der Waals surface area contributed by atoms with Gasteiger partial charge in [0.25, 0.3) is 0 Å². The number of rotatable bonds is 3. The van der Waals surface area contributed by atoms with Crippen molar-refractivity contribution in [1.29, 1.82) is 0 Å². The SMILES string of the molecule is COC(=O)c1cn(-c2ccccc2Cl)cc(C(=O)OC)c1=O. The molecule has 0 aliphatic carbocycles. The van der Waals surface area contributed by atoms with Crippen LogP contribution in [0.4, 0.5) is 0 Å². The van der Waals surface area contributed by atoms with Crippen LogP contribution in [-0.2, 0) is 9.47 Å². The Balaban J connectivity index is 2.76. The molecule has 6 nitrogen and oxygen atoms in total. The molecule has 0 aliphatic rings. The summed E-state index contributed by atoms with van der Waals surface area (Å²) < 4.78 is 10.5. The van der Waals surface area contributed by atoms with Crippen molar-refractivity contribution < 1.29 is 19.1 Å². The predicted molar refractivity (Wildman–Crippen MR) is 79.7 cm³/mol. The smallest absolute Gasteiger partial charge is 0.343 e. The van der Waals surface area contributed by atoms with Gasteiger partial charge >= 0.3 is 11.9 Å². The number of para-hydroxylation sites is 1. The number of aromatic nitrogens is 1. The Morgan fingerprint density at radius 3 is 1.95 bits per heavy atom. The number of halogens is 1. The van der Waals surface area contributed by atoms with Gasteiger partial charge in [0.2, 0.25) is 5.43 Å². The number of carbonyl (C=O) groups is 2. The molecule has 1 aromatic heterocycles. The summed E-state index contributed by atoms with van der Waals surface area (Å²) in [6.07, 6.45) is 2.53. The number of benzene rings is 1. The van der Waals surface area contributed by atoms with E-state index in [1.54, 1.807) is 24.3 Å². The summed E-state index contributed by atoms with van der Waals surface area (Å²) in [5, 5.41) is 0.387. The first-order chi connectivity index (χ1) is 10.5. The van der Waals surface area contributed by atoms with Gasteiger partial charge < -0.3 is 14.0 Å². The van der Waals surface area contributed by atoms with Crippen LogP contribution < -0.4 is 5.43 Å². The Kier molecular flexibility index (Phi) is 4.62. The van der Waals surface area contributed by atoms with E-state index in [0.717, 1.165) is 14.2 Å². The molecule has 0 saturated heterocycles. The lowest BCUT2D eigenvalue weighted by atomic mass is 10.1. The summed E-state index contributed by atoms with van der Waals surface area (Å²) in [6, 6.07) is 6.78. The minimum Gasteiger partial charge on any atom is -0.465 e. The molecule has 2 rings (SSSR count). The predicted octanol–water partition coefficient (Wildman–Crippen LogP) is 2.06. The summed E-state index contributed by atoms with van der Waals surface area (Å²) in [5.41, 5.74) is -0.836. The number of hydrogen-bond acceptors (Lipinski definition) is 5. The molecule has 0 amide bonds. The molecule has 1 heterocycles. The average Bonchev–Trinajstić information content (AvgIpc) is 2.54. The van der Waals surface area contributed by atoms with Crippen molar-refractivity contribution in [3.63, 3.8) is 0 Å². The zero-order chi connectivity index (χ0) is 16.3. The Bertz CT molecular complexity index is 757.